The Bertz CT molecular complexity index is 1050. The summed E-state index contributed by atoms with van der Waals surface area (Å²) in [6, 6.07) is 6.37. The molecule has 8 nitrogen and oxygen atoms in total. The van der Waals surface area contributed by atoms with Crippen molar-refractivity contribution in [3.8, 4) is 16.9 Å². The van der Waals surface area contributed by atoms with E-state index in [-0.39, 0.29) is 18.2 Å². The Morgan fingerprint density at radius 2 is 1.94 bits per heavy atom. The lowest BCUT2D eigenvalue weighted by Gasteiger charge is -2.17. The first-order chi connectivity index (χ1) is 14.5. The first-order valence-corrected chi connectivity index (χ1v) is 9.32. The van der Waals surface area contributed by atoms with E-state index in [1.807, 2.05) is 13.8 Å². The minimum absolute atomic E-state index is 0.0118. The molecule has 1 aromatic carbocycles. The molecule has 0 saturated carbocycles. The molecule has 1 aromatic heterocycles. The van der Waals surface area contributed by atoms with E-state index in [4.69, 9.17) is 15.2 Å². The smallest absolute Gasteiger partial charge is 0.431 e. The van der Waals surface area contributed by atoms with E-state index >= 15 is 0 Å². The molecule has 3 rings (SSSR count). The maximum atomic E-state index is 13.4. The van der Waals surface area contributed by atoms with Crippen molar-refractivity contribution in [3.05, 3.63) is 51.9 Å². The van der Waals surface area contributed by atoms with Crippen molar-refractivity contribution < 1.29 is 32.2 Å². The number of alkyl halides is 3. The average Bonchev–Trinajstić information content (AvgIpc) is 3.06. The Kier molecular flexibility index (Phi) is 5.96. The lowest BCUT2D eigenvalue weighted by Crippen LogP contribution is -2.32. The van der Waals surface area contributed by atoms with Crippen molar-refractivity contribution in [2.24, 2.45) is 5.73 Å². The lowest BCUT2D eigenvalue weighted by atomic mass is 10.0. The number of carbonyl (C=O) groups excluding carboxylic acids is 2. The number of H-pyrrole nitrogens is 1. The number of benzene rings is 1. The van der Waals surface area contributed by atoms with E-state index < -0.39 is 46.7 Å². The highest BCUT2D eigenvalue weighted by atomic mass is 19.4. The predicted octanol–water partition coefficient (Wildman–Crippen LogP) is 2.77. The summed E-state index contributed by atoms with van der Waals surface area (Å²) >= 11 is 0. The van der Waals surface area contributed by atoms with Crippen LogP contribution < -0.4 is 16.0 Å². The molecule has 3 N–H and O–H groups in total. The molecule has 1 unspecified atom stereocenters. The summed E-state index contributed by atoms with van der Waals surface area (Å²) in [5.41, 5.74) is 1.69. The maximum Gasteiger partial charge on any atom is 0.431 e. The third kappa shape index (κ3) is 4.81. The molecular formula is C20H20F3N3O5. The Morgan fingerprint density at radius 1 is 1.29 bits per heavy atom. The van der Waals surface area contributed by atoms with Gasteiger partial charge >= 0.3 is 12.3 Å². The number of aromatic nitrogens is 1. The van der Waals surface area contributed by atoms with Gasteiger partial charge in [-0.15, -0.1) is 0 Å². The van der Waals surface area contributed by atoms with E-state index in [0.717, 1.165) is 6.07 Å². The van der Waals surface area contributed by atoms with Gasteiger partial charge < -0.3 is 25.1 Å². The maximum absolute atomic E-state index is 13.4. The number of nitrogens with two attached hydrogens (primary N) is 1. The Balaban J connectivity index is 1.80. The number of carbonyl (C=O) groups is 2. The minimum Gasteiger partial charge on any atom is -0.490 e. The monoisotopic (exact) mass is 439 g/mol. The van der Waals surface area contributed by atoms with Crippen LogP contribution in [0, 0.1) is 0 Å². The van der Waals surface area contributed by atoms with Crippen molar-refractivity contribution in [1.82, 2.24) is 9.88 Å². The van der Waals surface area contributed by atoms with Gasteiger partial charge in [0.25, 0.3) is 11.5 Å². The zero-order valence-corrected chi connectivity index (χ0v) is 16.7. The summed E-state index contributed by atoms with van der Waals surface area (Å²) in [6.45, 7) is 4.17. The SMILES string of the molecule is CC(C)N1CC(COc2ccc(-c3cc(C(N)=O)c(=O)[nH]c3C(F)(F)F)cc2)OC1=O. The van der Waals surface area contributed by atoms with Crippen molar-refractivity contribution in [3.63, 3.8) is 0 Å². The third-order valence-corrected chi connectivity index (χ3v) is 4.72. The van der Waals surface area contributed by atoms with Gasteiger partial charge in [-0.2, -0.15) is 13.2 Å². The molecule has 0 radical (unpaired) electrons. The van der Waals surface area contributed by atoms with Gasteiger partial charge in [-0.05, 0) is 37.6 Å². The Hall–Kier alpha value is -3.50. The fourth-order valence-corrected chi connectivity index (χ4v) is 3.13. The van der Waals surface area contributed by atoms with Crippen LogP contribution in [0.4, 0.5) is 18.0 Å². The van der Waals surface area contributed by atoms with Gasteiger partial charge in [0.15, 0.2) is 6.10 Å². The Morgan fingerprint density at radius 3 is 2.45 bits per heavy atom. The highest BCUT2D eigenvalue weighted by Gasteiger charge is 2.36. The zero-order valence-electron chi connectivity index (χ0n) is 16.7. The second kappa shape index (κ2) is 8.32. The molecule has 1 saturated heterocycles. The fourth-order valence-electron chi connectivity index (χ4n) is 3.13. The molecule has 2 aromatic rings. The molecule has 0 bridgehead atoms. The largest absolute Gasteiger partial charge is 0.490 e. The van der Waals surface area contributed by atoms with Crippen LogP contribution in [-0.4, -0.2) is 47.2 Å². The summed E-state index contributed by atoms with van der Waals surface area (Å²) < 4.78 is 50.9. The number of pyridine rings is 1. The van der Waals surface area contributed by atoms with E-state index in [2.05, 4.69) is 0 Å². The summed E-state index contributed by atoms with van der Waals surface area (Å²) in [6.07, 6.45) is -5.75. The van der Waals surface area contributed by atoms with Crippen LogP contribution in [0.15, 0.2) is 35.1 Å². The van der Waals surface area contributed by atoms with Crippen LogP contribution in [0.2, 0.25) is 0 Å². The number of nitrogens with zero attached hydrogens (tertiary/aromatic N) is 1. The summed E-state index contributed by atoms with van der Waals surface area (Å²) in [5, 5.41) is 0. The number of nitrogens with one attached hydrogen (secondary N) is 1. The first kappa shape index (κ1) is 22.2. The lowest BCUT2D eigenvalue weighted by molar-refractivity contribution is -0.140. The van der Waals surface area contributed by atoms with Crippen LogP contribution >= 0.6 is 0 Å². The highest BCUT2D eigenvalue weighted by molar-refractivity contribution is 5.94. The van der Waals surface area contributed by atoms with Crippen molar-refractivity contribution in [2.75, 3.05) is 13.2 Å². The number of hydrogen-bond donors (Lipinski definition) is 2. The number of hydrogen-bond acceptors (Lipinski definition) is 5. The second-order valence-corrected chi connectivity index (χ2v) is 7.25. The van der Waals surface area contributed by atoms with Crippen LogP contribution in [0.3, 0.4) is 0 Å². The van der Waals surface area contributed by atoms with Crippen molar-refractivity contribution >= 4 is 12.0 Å². The molecule has 0 aliphatic carbocycles. The molecule has 0 spiro atoms. The number of aromatic amines is 1. The quantitative estimate of drug-likeness (QED) is 0.718. The van der Waals surface area contributed by atoms with Crippen molar-refractivity contribution in [1.29, 1.82) is 0 Å². The van der Waals surface area contributed by atoms with E-state index in [1.165, 1.54) is 24.3 Å². The molecule has 2 heterocycles. The zero-order chi connectivity index (χ0) is 22.9. The van der Waals surface area contributed by atoms with E-state index in [9.17, 15) is 27.6 Å². The number of ether oxygens (including phenoxy) is 2. The van der Waals surface area contributed by atoms with Gasteiger partial charge in [-0.25, -0.2) is 4.79 Å². The molecule has 11 heteroatoms. The van der Waals surface area contributed by atoms with Crippen LogP contribution in [0.5, 0.6) is 5.75 Å². The number of amides is 2. The fraction of sp³-hybridized carbons (Fsp3) is 0.350. The number of primary amides is 1. The van der Waals surface area contributed by atoms with Crippen molar-refractivity contribution in [2.45, 2.75) is 32.2 Å². The molecule has 1 atom stereocenters. The predicted molar refractivity (Wildman–Crippen MR) is 104 cm³/mol. The Labute approximate surface area is 174 Å². The number of halogens is 3. The molecule has 2 amide bonds. The average molecular weight is 439 g/mol. The summed E-state index contributed by atoms with van der Waals surface area (Å²) in [5.74, 6) is -0.798. The van der Waals surface area contributed by atoms with Gasteiger partial charge in [0.05, 0.1) is 6.54 Å². The molecule has 1 fully saturated rings. The number of cyclic esters (lactones) is 1. The van der Waals surface area contributed by atoms with Gasteiger partial charge in [0.2, 0.25) is 0 Å². The second-order valence-electron chi connectivity index (χ2n) is 7.25. The molecule has 166 valence electrons. The van der Waals surface area contributed by atoms with Gasteiger partial charge in [0.1, 0.15) is 23.6 Å². The van der Waals surface area contributed by atoms with Gasteiger partial charge in [0, 0.05) is 11.6 Å². The normalized spacial score (nSPS) is 16.5. The van der Waals surface area contributed by atoms with Gasteiger partial charge in [-0.1, -0.05) is 12.1 Å². The first-order valence-electron chi connectivity index (χ1n) is 9.32. The number of rotatable bonds is 6. The van der Waals surface area contributed by atoms with Gasteiger partial charge in [-0.3, -0.25) is 9.59 Å². The summed E-state index contributed by atoms with van der Waals surface area (Å²) in [7, 11) is 0. The van der Waals surface area contributed by atoms with E-state index in [0.29, 0.717) is 12.3 Å². The van der Waals surface area contributed by atoms with Crippen LogP contribution in [0.25, 0.3) is 11.1 Å². The highest BCUT2D eigenvalue weighted by Crippen LogP contribution is 2.35. The van der Waals surface area contributed by atoms with Crippen LogP contribution in [0.1, 0.15) is 29.9 Å². The molecule has 1 aliphatic rings. The molecule has 31 heavy (non-hydrogen) atoms. The summed E-state index contributed by atoms with van der Waals surface area (Å²) in [4.78, 5) is 38.1. The minimum atomic E-state index is -4.85. The standard InChI is InChI=1S/C20H20F3N3O5/c1-10(2)26-8-13(31-19(26)29)9-30-12-5-3-11(4-6-12)14-7-15(17(24)27)18(28)25-16(14)20(21,22)23/h3-7,10,13H,8-9H2,1-2H3,(H2,24,27)(H,25,28). The van der Waals surface area contributed by atoms with E-state index in [1.54, 1.807) is 9.88 Å². The van der Waals surface area contributed by atoms with Crippen LogP contribution in [-0.2, 0) is 10.9 Å². The molecular weight excluding hydrogens is 419 g/mol. The molecule has 1 aliphatic heterocycles. The third-order valence-electron chi connectivity index (χ3n) is 4.72. The topological polar surface area (TPSA) is 115 Å².